The molecule has 0 amide bonds. The van der Waals surface area contributed by atoms with Gasteiger partial charge in [0, 0.05) is 12.5 Å². The highest BCUT2D eigenvalue weighted by molar-refractivity contribution is 5.77. The normalized spacial score (nSPS) is 20.4. The molecule has 1 fully saturated rings. The van der Waals surface area contributed by atoms with Crippen molar-refractivity contribution in [1.82, 2.24) is 0 Å². The van der Waals surface area contributed by atoms with Gasteiger partial charge in [-0.05, 0) is 42.2 Å². The molecule has 0 aliphatic heterocycles. The molecule has 26 heavy (non-hydrogen) atoms. The highest BCUT2D eigenvalue weighted by Crippen LogP contribution is 2.58. The Morgan fingerprint density at radius 1 is 1.04 bits per heavy atom. The van der Waals surface area contributed by atoms with Gasteiger partial charge in [0.15, 0.2) is 0 Å². The first-order valence-electron chi connectivity index (χ1n) is 9.08. The van der Waals surface area contributed by atoms with Crippen LogP contribution in [0.4, 0.5) is 0 Å². The van der Waals surface area contributed by atoms with Gasteiger partial charge in [0.25, 0.3) is 0 Å². The van der Waals surface area contributed by atoms with E-state index in [1.807, 2.05) is 61.5 Å². The molecule has 0 N–H and O–H groups in total. The standard InChI is InChI=1S/C22H26O4/c1-4-24-15-19-20(22(19,2)3)21(23)25-14-16-9-8-12-18(13-16)26-17-10-6-5-7-11-17/h5-13,19-20H,4,14-15H2,1-3H3. The second kappa shape index (κ2) is 7.92. The lowest BCUT2D eigenvalue weighted by Crippen LogP contribution is -2.11. The van der Waals surface area contributed by atoms with Crippen molar-refractivity contribution in [2.24, 2.45) is 17.3 Å². The maximum Gasteiger partial charge on any atom is 0.310 e. The van der Waals surface area contributed by atoms with Crippen LogP contribution in [0.1, 0.15) is 26.3 Å². The number of para-hydroxylation sites is 1. The van der Waals surface area contributed by atoms with Crippen LogP contribution in [0, 0.1) is 17.3 Å². The number of rotatable bonds is 8. The van der Waals surface area contributed by atoms with Crippen LogP contribution >= 0.6 is 0 Å². The van der Waals surface area contributed by atoms with Crippen molar-refractivity contribution < 1.29 is 19.0 Å². The zero-order valence-electron chi connectivity index (χ0n) is 15.6. The molecule has 0 spiro atoms. The van der Waals surface area contributed by atoms with Gasteiger partial charge in [0.05, 0.1) is 12.5 Å². The number of ether oxygens (including phenoxy) is 3. The van der Waals surface area contributed by atoms with Gasteiger partial charge in [-0.1, -0.05) is 44.2 Å². The number of benzene rings is 2. The molecule has 0 saturated heterocycles. The molecule has 2 atom stereocenters. The highest BCUT2D eigenvalue weighted by atomic mass is 16.5. The van der Waals surface area contributed by atoms with Crippen LogP contribution in [0.5, 0.6) is 11.5 Å². The summed E-state index contributed by atoms with van der Waals surface area (Å²) in [5.74, 6) is 1.51. The zero-order chi connectivity index (χ0) is 18.6. The summed E-state index contributed by atoms with van der Waals surface area (Å²) in [5.41, 5.74) is 0.858. The predicted octanol–water partition coefficient (Wildman–Crippen LogP) is 4.83. The summed E-state index contributed by atoms with van der Waals surface area (Å²) in [6.45, 7) is 7.69. The molecule has 1 saturated carbocycles. The summed E-state index contributed by atoms with van der Waals surface area (Å²) in [7, 11) is 0. The Morgan fingerprint density at radius 3 is 2.50 bits per heavy atom. The maximum atomic E-state index is 12.4. The molecule has 1 aliphatic carbocycles. The fraction of sp³-hybridized carbons (Fsp3) is 0.409. The Labute approximate surface area is 155 Å². The minimum absolute atomic E-state index is 0.0511. The SMILES string of the molecule is CCOCC1C(C(=O)OCc2cccc(Oc3ccccc3)c2)C1(C)C. The van der Waals surface area contributed by atoms with Gasteiger partial charge in [0.2, 0.25) is 0 Å². The van der Waals surface area contributed by atoms with Crippen LogP contribution in [-0.2, 0) is 20.9 Å². The Bertz CT molecular complexity index is 739. The molecule has 2 aromatic rings. The zero-order valence-corrected chi connectivity index (χ0v) is 15.6. The fourth-order valence-corrected chi connectivity index (χ4v) is 3.34. The van der Waals surface area contributed by atoms with Crippen molar-refractivity contribution in [3.8, 4) is 11.5 Å². The van der Waals surface area contributed by atoms with Gasteiger partial charge in [-0.25, -0.2) is 0 Å². The Morgan fingerprint density at radius 2 is 1.77 bits per heavy atom. The molecule has 4 heteroatoms. The number of hydrogen-bond donors (Lipinski definition) is 0. The highest BCUT2D eigenvalue weighted by Gasteiger charge is 2.62. The summed E-state index contributed by atoms with van der Waals surface area (Å²) in [5, 5.41) is 0. The first-order chi connectivity index (χ1) is 12.5. The van der Waals surface area contributed by atoms with E-state index in [1.54, 1.807) is 0 Å². The van der Waals surface area contributed by atoms with E-state index in [0.29, 0.717) is 13.2 Å². The molecule has 0 aromatic heterocycles. The quantitative estimate of drug-likeness (QED) is 0.637. The fourth-order valence-electron chi connectivity index (χ4n) is 3.34. The monoisotopic (exact) mass is 354 g/mol. The summed E-state index contributed by atoms with van der Waals surface area (Å²) < 4.78 is 16.9. The molecule has 4 nitrogen and oxygen atoms in total. The summed E-state index contributed by atoms with van der Waals surface area (Å²) in [6.07, 6.45) is 0. The van der Waals surface area contributed by atoms with E-state index in [1.165, 1.54) is 0 Å². The first kappa shape index (κ1) is 18.5. The molecule has 3 rings (SSSR count). The molecule has 138 valence electrons. The van der Waals surface area contributed by atoms with Crippen molar-refractivity contribution in [3.63, 3.8) is 0 Å². The van der Waals surface area contributed by atoms with Crippen molar-refractivity contribution >= 4 is 5.97 Å². The van der Waals surface area contributed by atoms with Crippen LogP contribution in [-0.4, -0.2) is 19.2 Å². The predicted molar refractivity (Wildman–Crippen MR) is 100 cm³/mol. The van der Waals surface area contributed by atoms with Gasteiger partial charge >= 0.3 is 5.97 Å². The van der Waals surface area contributed by atoms with E-state index in [2.05, 4.69) is 13.8 Å². The first-order valence-corrected chi connectivity index (χ1v) is 9.08. The van der Waals surface area contributed by atoms with Crippen LogP contribution in [0.2, 0.25) is 0 Å². The van der Waals surface area contributed by atoms with E-state index >= 15 is 0 Å². The average Bonchev–Trinajstić information content (AvgIpc) is 3.19. The van der Waals surface area contributed by atoms with Gasteiger partial charge in [0.1, 0.15) is 18.1 Å². The third kappa shape index (κ3) is 4.25. The third-order valence-corrected chi connectivity index (χ3v) is 5.06. The van der Waals surface area contributed by atoms with Gasteiger partial charge in [-0.3, -0.25) is 4.79 Å². The molecule has 2 aromatic carbocycles. The van der Waals surface area contributed by atoms with Gasteiger partial charge < -0.3 is 14.2 Å². The summed E-state index contributed by atoms with van der Waals surface area (Å²) >= 11 is 0. The van der Waals surface area contributed by atoms with Crippen LogP contribution in [0.3, 0.4) is 0 Å². The molecule has 2 unspecified atom stereocenters. The number of carbonyl (C=O) groups is 1. The average molecular weight is 354 g/mol. The minimum Gasteiger partial charge on any atom is -0.461 e. The summed E-state index contributed by atoms with van der Waals surface area (Å²) in [6, 6.07) is 17.2. The molecular weight excluding hydrogens is 328 g/mol. The van der Waals surface area contributed by atoms with E-state index in [-0.39, 0.29) is 29.8 Å². The largest absolute Gasteiger partial charge is 0.461 e. The lowest BCUT2D eigenvalue weighted by atomic mass is 10.1. The molecule has 0 radical (unpaired) electrons. The second-order valence-electron chi connectivity index (χ2n) is 7.24. The van der Waals surface area contributed by atoms with Crippen LogP contribution in [0.15, 0.2) is 54.6 Å². The Hall–Kier alpha value is -2.33. The minimum atomic E-state index is -0.144. The van der Waals surface area contributed by atoms with Crippen LogP contribution in [0.25, 0.3) is 0 Å². The Balaban J connectivity index is 1.55. The van der Waals surface area contributed by atoms with Gasteiger partial charge in [-0.2, -0.15) is 0 Å². The number of hydrogen-bond acceptors (Lipinski definition) is 4. The molecule has 1 aliphatic rings. The van der Waals surface area contributed by atoms with Crippen molar-refractivity contribution in [3.05, 3.63) is 60.2 Å². The van der Waals surface area contributed by atoms with Crippen molar-refractivity contribution in [2.75, 3.05) is 13.2 Å². The lowest BCUT2D eigenvalue weighted by Gasteiger charge is -2.09. The molecule has 0 bridgehead atoms. The number of esters is 1. The summed E-state index contributed by atoms with van der Waals surface area (Å²) in [4.78, 5) is 12.4. The molecular formula is C22H26O4. The topological polar surface area (TPSA) is 44.8 Å². The second-order valence-corrected chi connectivity index (χ2v) is 7.24. The maximum absolute atomic E-state index is 12.4. The Kier molecular flexibility index (Phi) is 5.62. The van der Waals surface area contributed by atoms with Crippen LogP contribution < -0.4 is 4.74 Å². The smallest absolute Gasteiger partial charge is 0.310 e. The van der Waals surface area contributed by atoms with E-state index in [0.717, 1.165) is 17.1 Å². The van der Waals surface area contributed by atoms with E-state index in [9.17, 15) is 4.79 Å². The van der Waals surface area contributed by atoms with Crippen molar-refractivity contribution in [1.29, 1.82) is 0 Å². The van der Waals surface area contributed by atoms with E-state index in [4.69, 9.17) is 14.2 Å². The van der Waals surface area contributed by atoms with Crippen molar-refractivity contribution in [2.45, 2.75) is 27.4 Å². The van der Waals surface area contributed by atoms with Gasteiger partial charge in [-0.15, -0.1) is 0 Å². The lowest BCUT2D eigenvalue weighted by molar-refractivity contribution is -0.147. The third-order valence-electron chi connectivity index (χ3n) is 5.06. The van der Waals surface area contributed by atoms with E-state index < -0.39 is 0 Å². The molecule has 0 heterocycles. The number of carbonyl (C=O) groups excluding carboxylic acids is 1.